The lowest BCUT2D eigenvalue weighted by Crippen LogP contribution is -2.41. The molecule has 36 heavy (non-hydrogen) atoms. The molecule has 0 saturated carbocycles. The number of anilines is 1. The molecule has 3 heterocycles. The molecule has 1 amide bonds. The molecule has 0 bridgehead atoms. The molecule has 2 aromatic carbocycles. The Balaban J connectivity index is 1.26. The quantitative estimate of drug-likeness (QED) is 0.529. The first kappa shape index (κ1) is 24.0. The van der Waals surface area contributed by atoms with Gasteiger partial charge in [-0.05, 0) is 50.1 Å². The lowest BCUT2D eigenvalue weighted by molar-refractivity contribution is -0.120. The third kappa shape index (κ3) is 4.71. The van der Waals surface area contributed by atoms with Crippen LogP contribution in [-0.2, 0) is 14.8 Å². The van der Waals surface area contributed by atoms with Gasteiger partial charge in [0.25, 0.3) is 0 Å². The number of nitrogens with zero attached hydrogens (tertiary/aromatic N) is 2. The van der Waals surface area contributed by atoms with Crippen LogP contribution in [0.4, 0.5) is 10.1 Å². The van der Waals surface area contributed by atoms with E-state index in [1.54, 1.807) is 43.3 Å². The van der Waals surface area contributed by atoms with Crippen LogP contribution in [-0.4, -0.2) is 43.7 Å². The number of rotatable bonds is 6. The summed E-state index contributed by atoms with van der Waals surface area (Å²) in [5.41, 5.74) is 1.10. The summed E-state index contributed by atoms with van der Waals surface area (Å²) in [7, 11) is -3.94. The number of carbonyl (C=O) groups excluding carboxylic acids is 1. The minimum atomic E-state index is -3.94. The van der Waals surface area contributed by atoms with Crippen LogP contribution < -0.4 is 14.8 Å². The van der Waals surface area contributed by atoms with E-state index in [1.165, 1.54) is 22.5 Å². The lowest BCUT2D eigenvalue weighted by Gasteiger charge is -2.30. The van der Waals surface area contributed by atoms with Crippen molar-refractivity contribution < 1.29 is 31.6 Å². The van der Waals surface area contributed by atoms with E-state index in [0.717, 1.165) is 0 Å². The summed E-state index contributed by atoms with van der Waals surface area (Å²) in [4.78, 5) is 12.7. The maximum atomic E-state index is 14.0. The van der Waals surface area contributed by atoms with Crippen LogP contribution in [0.1, 0.15) is 29.9 Å². The first-order valence-corrected chi connectivity index (χ1v) is 12.9. The molecule has 188 valence electrons. The van der Waals surface area contributed by atoms with Crippen molar-refractivity contribution in [3.8, 4) is 11.5 Å². The molecule has 2 aliphatic heterocycles. The number of amides is 1. The molecule has 3 aromatic rings. The first-order valence-electron chi connectivity index (χ1n) is 11.4. The van der Waals surface area contributed by atoms with Crippen LogP contribution in [0.25, 0.3) is 12.2 Å². The third-order valence-electron chi connectivity index (χ3n) is 6.22. The molecule has 0 spiro atoms. The standard InChI is InChI=1S/C25H24FN3O6S/c1-16-24(22(35-28-16)8-6-17-4-2-3-5-20(17)26)36(31,32)29-12-10-18(11-13-29)25(30)27-19-7-9-21-23(14-19)34-15-33-21/h2-9,14,18H,10-13,15H2,1H3,(H,27,30). The number of piperidine rings is 1. The van der Waals surface area contributed by atoms with Gasteiger partial charge in [-0.25, -0.2) is 12.8 Å². The zero-order chi connectivity index (χ0) is 25.3. The third-order valence-corrected chi connectivity index (χ3v) is 8.27. The SMILES string of the molecule is Cc1noc(C=Cc2ccccc2F)c1S(=O)(=O)N1CCC(C(=O)Nc2ccc3c(c2)OCO3)CC1. The van der Waals surface area contributed by atoms with E-state index in [0.29, 0.717) is 35.6 Å². The molecule has 0 aliphatic carbocycles. The summed E-state index contributed by atoms with van der Waals surface area (Å²) in [6.07, 6.45) is 3.57. The lowest BCUT2D eigenvalue weighted by atomic mass is 9.97. The molecular weight excluding hydrogens is 489 g/mol. The Morgan fingerprint density at radius 1 is 1.11 bits per heavy atom. The van der Waals surface area contributed by atoms with Gasteiger partial charge in [0.2, 0.25) is 22.7 Å². The number of hydrogen-bond acceptors (Lipinski definition) is 7. The minimum absolute atomic E-state index is 0.0263. The van der Waals surface area contributed by atoms with Crippen molar-refractivity contribution in [2.75, 3.05) is 25.2 Å². The van der Waals surface area contributed by atoms with Gasteiger partial charge in [0, 0.05) is 36.3 Å². The van der Waals surface area contributed by atoms with Crippen LogP contribution >= 0.6 is 0 Å². The van der Waals surface area contributed by atoms with Crippen LogP contribution in [0.2, 0.25) is 0 Å². The molecule has 5 rings (SSSR count). The predicted octanol–water partition coefficient (Wildman–Crippen LogP) is 4.06. The zero-order valence-corrected chi connectivity index (χ0v) is 20.3. The number of hydrogen-bond donors (Lipinski definition) is 1. The largest absolute Gasteiger partial charge is 0.454 e. The molecule has 2 aliphatic rings. The summed E-state index contributed by atoms with van der Waals surface area (Å²) in [6, 6.07) is 11.3. The highest BCUT2D eigenvalue weighted by molar-refractivity contribution is 7.89. The summed E-state index contributed by atoms with van der Waals surface area (Å²) >= 11 is 0. The number of nitrogens with one attached hydrogen (secondary N) is 1. The molecule has 1 aromatic heterocycles. The number of ether oxygens (including phenoxy) is 2. The van der Waals surface area contributed by atoms with Crippen molar-refractivity contribution >= 4 is 33.8 Å². The average Bonchev–Trinajstić information content (AvgIpc) is 3.49. The van der Waals surface area contributed by atoms with Gasteiger partial charge in [-0.1, -0.05) is 23.4 Å². The van der Waals surface area contributed by atoms with E-state index < -0.39 is 15.8 Å². The van der Waals surface area contributed by atoms with E-state index in [9.17, 15) is 17.6 Å². The number of carbonyl (C=O) groups is 1. The van der Waals surface area contributed by atoms with Crippen LogP contribution in [0.15, 0.2) is 51.9 Å². The van der Waals surface area contributed by atoms with E-state index in [4.69, 9.17) is 14.0 Å². The summed E-state index contributed by atoms with van der Waals surface area (Å²) in [6.45, 7) is 2.03. The van der Waals surface area contributed by atoms with Crippen molar-refractivity contribution in [1.82, 2.24) is 9.46 Å². The molecule has 0 radical (unpaired) electrons. The molecule has 9 nitrogen and oxygen atoms in total. The van der Waals surface area contributed by atoms with E-state index in [2.05, 4.69) is 10.5 Å². The zero-order valence-electron chi connectivity index (χ0n) is 19.4. The fraction of sp³-hybridized carbons (Fsp3) is 0.280. The molecule has 11 heteroatoms. The molecule has 1 fully saturated rings. The molecule has 0 unspecified atom stereocenters. The van der Waals surface area contributed by atoms with Crippen LogP contribution in [0.3, 0.4) is 0 Å². The number of halogens is 1. The van der Waals surface area contributed by atoms with Gasteiger partial charge < -0.3 is 19.3 Å². The highest BCUT2D eigenvalue weighted by atomic mass is 32.2. The van der Waals surface area contributed by atoms with Crippen molar-refractivity contribution in [2.24, 2.45) is 5.92 Å². The number of aromatic nitrogens is 1. The molecular formula is C25H24FN3O6S. The molecule has 1 N–H and O–H groups in total. The van der Waals surface area contributed by atoms with Gasteiger partial charge >= 0.3 is 0 Å². The second-order valence-corrected chi connectivity index (χ2v) is 10.4. The Hall–Kier alpha value is -3.70. The number of aryl methyl sites for hydroxylation is 1. The van der Waals surface area contributed by atoms with Gasteiger partial charge in [0.15, 0.2) is 22.2 Å². The summed E-state index contributed by atoms with van der Waals surface area (Å²) in [5.74, 6) is 0.261. The predicted molar refractivity (Wildman–Crippen MR) is 129 cm³/mol. The van der Waals surface area contributed by atoms with E-state index in [1.807, 2.05) is 0 Å². The smallest absolute Gasteiger partial charge is 0.248 e. The van der Waals surface area contributed by atoms with Crippen molar-refractivity contribution in [3.63, 3.8) is 0 Å². The van der Waals surface area contributed by atoms with Crippen LogP contribution in [0.5, 0.6) is 11.5 Å². The van der Waals surface area contributed by atoms with Gasteiger partial charge in [-0.15, -0.1) is 0 Å². The summed E-state index contributed by atoms with van der Waals surface area (Å²) < 4.78 is 58.0. The average molecular weight is 514 g/mol. The van der Waals surface area contributed by atoms with Gasteiger partial charge in [0.05, 0.1) is 0 Å². The Morgan fingerprint density at radius 3 is 2.64 bits per heavy atom. The summed E-state index contributed by atoms with van der Waals surface area (Å²) in [5, 5.41) is 6.69. The Morgan fingerprint density at radius 2 is 1.86 bits per heavy atom. The number of fused-ring (bicyclic) bond motifs is 1. The fourth-order valence-electron chi connectivity index (χ4n) is 4.28. The second-order valence-electron chi connectivity index (χ2n) is 8.55. The second kappa shape index (κ2) is 9.75. The van der Waals surface area contributed by atoms with Crippen molar-refractivity contribution in [1.29, 1.82) is 0 Å². The Kier molecular flexibility index (Phi) is 6.50. The highest BCUT2D eigenvalue weighted by Crippen LogP contribution is 2.35. The van der Waals surface area contributed by atoms with E-state index >= 15 is 0 Å². The van der Waals surface area contributed by atoms with Gasteiger partial charge in [-0.2, -0.15) is 4.31 Å². The van der Waals surface area contributed by atoms with E-state index in [-0.39, 0.29) is 48.1 Å². The molecule has 1 saturated heterocycles. The Labute approximate surface area is 207 Å². The maximum absolute atomic E-state index is 14.0. The van der Waals surface area contributed by atoms with Crippen molar-refractivity contribution in [2.45, 2.75) is 24.7 Å². The highest BCUT2D eigenvalue weighted by Gasteiger charge is 2.36. The molecule has 0 atom stereocenters. The maximum Gasteiger partial charge on any atom is 0.248 e. The van der Waals surface area contributed by atoms with Gasteiger partial charge in [-0.3, -0.25) is 4.79 Å². The Bertz CT molecular complexity index is 1430. The number of sulfonamides is 1. The van der Waals surface area contributed by atoms with Crippen molar-refractivity contribution in [3.05, 3.63) is 65.3 Å². The minimum Gasteiger partial charge on any atom is -0.454 e. The first-order chi connectivity index (χ1) is 17.3. The monoisotopic (exact) mass is 513 g/mol. The fourth-order valence-corrected chi connectivity index (χ4v) is 6.00. The van der Waals surface area contributed by atoms with Gasteiger partial charge in [0.1, 0.15) is 11.5 Å². The topological polar surface area (TPSA) is 111 Å². The van der Waals surface area contributed by atoms with Crippen LogP contribution in [0, 0.1) is 18.7 Å². The number of benzene rings is 2. The normalized spacial score (nSPS) is 16.5.